The second-order valence-electron chi connectivity index (χ2n) is 4.57. The standard InChI is InChI=1S/2C4H10N2.C4H6O6/c2*1-2-6-4-3-5-1;5-1(3(7)8)2(6)4(9)10/h2*5-6H,1-4H2;1-2,5-6H,(H,7,8)(H,9,10). The normalized spacial score (nSPS) is 20.3. The number of hydrogen-bond donors (Lipinski definition) is 8. The molecule has 0 bridgehead atoms. The van der Waals surface area contributed by atoms with Crippen LogP contribution < -0.4 is 21.3 Å². The molecule has 130 valence electrons. The summed E-state index contributed by atoms with van der Waals surface area (Å²) in [6.07, 6.45) is -4.53. The Kier molecular flexibility index (Phi) is 12.6. The molecule has 10 heteroatoms. The Morgan fingerprint density at radius 3 is 0.864 bits per heavy atom. The third kappa shape index (κ3) is 11.4. The number of aliphatic carboxylic acids is 2. The molecular weight excluding hydrogens is 296 g/mol. The summed E-state index contributed by atoms with van der Waals surface area (Å²) in [6, 6.07) is 0. The van der Waals surface area contributed by atoms with Gasteiger partial charge in [0.1, 0.15) is 0 Å². The van der Waals surface area contributed by atoms with Gasteiger partial charge in [-0.3, -0.25) is 0 Å². The number of hydrogen-bond acceptors (Lipinski definition) is 8. The first-order valence-corrected chi connectivity index (χ1v) is 7.11. The quantitative estimate of drug-likeness (QED) is 0.259. The van der Waals surface area contributed by atoms with Crippen molar-refractivity contribution in [3.05, 3.63) is 0 Å². The van der Waals surface area contributed by atoms with E-state index in [1.165, 1.54) is 0 Å². The highest BCUT2D eigenvalue weighted by Gasteiger charge is 2.29. The van der Waals surface area contributed by atoms with Crippen LogP contribution in [0.25, 0.3) is 0 Å². The molecule has 22 heavy (non-hydrogen) atoms. The molecule has 8 N–H and O–H groups in total. The van der Waals surface area contributed by atoms with Gasteiger partial charge in [0.2, 0.25) is 0 Å². The van der Waals surface area contributed by atoms with E-state index in [0.29, 0.717) is 0 Å². The Labute approximate surface area is 128 Å². The lowest BCUT2D eigenvalue weighted by molar-refractivity contribution is -0.165. The van der Waals surface area contributed by atoms with Gasteiger partial charge in [0, 0.05) is 52.4 Å². The van der Waals surface area contributed by atoms with Crippen LogP contribution in [0.2, 0.25) is 0 Å². The summed E-state index contributed by atoms with van der Waals surface area (Å²) in [5, 5.41) is 45.4. The van der Waals surface area contributed by atoms with Gasteiger partial charge < -0.3 is 41.7 Å². The van der Waals surface area contributed by atoms with Gasteiger partial charge in [-0.1, -0.05) is 0 Å². The Bertz CT molecular complexity index is 257. The SMILES string of the molecule is C1CNCCN1.C1CNCCN1.O=C(O)C(O)C(O)C(=O)O. The lowest BCUT2D eigenvalue weighted by Crippen LogP contribution is -2.39. The molecule has 10 nitrogen and oxygen atoms in total. The van der Waals surface area contributed by atoms with Crippen LogP contribution in [-0.2, 0) is 9.59 Å². The van der Waals surface area contributed by atoms with Crippen molar-refractivity contribution < 1.29 is 30.0 Å². The third-order valence-electron chi connectivity index (χ3n) is 2.72. The lowest BCUT2D eigenvalue weighted by atomic mass is 10.2. The number of carbonyl (C=O) groups is 2. The smallest absolute Gasteiger partial charge is 0.335 e. The topological polar surface area (TPSA) is 163 Å². The Morgan fingerprint density at radius 2 is 0.773 bits per heavy atom. The monoisotopic (exact) mass is 322 g/mol. The number of aliphatic hydroxyl groups is 2. The highest BCUT2D eigenvalue weighted by molar-refractivity contribution is 5.83. The van der Waals surface area contributed by atoms with Crippen LogP contribution >= 0.6 is 0 Å². The zero-order valence-corrected chi connectivity index (χ0v) is 12.4. The van der Waals surface area contributed by atoms with Crippen molar-refractivity contribution in [2.75, 3.05) is 52.4 Å². The molecule has 2 rings (SSSR count). The fourth-order valence-electron chi connectivity index (χ4n) is 1.48. The second-order valence-corrected chi connectivity index (χ2v) is 4.57. The minimum absolute atomic E-state index is 1.14. The van der Waals surface area contributed by atoms with E-state index in [9.17, 15) is 9.59 Å². The van der Waals surface area contributed by atoms with Crippen LogP contribution in [0.15, 0.2) is 0 Å². The van der Waals surface area contributed by atoms with Gasteiger partial charge in [-0.15, -0.1) is 0 Å². The lowest BCUT2D eigenvalue weighted by Gasteiger charge is -2.11. The Balaban J connectivity index is 0.000000315. The van der Waals surface area contributed by atoms with Crippen LogP contribution in [0.4, 0.5) is 0 Å². The molecule has 2 fully saturated rings. The number of aliphatic hydroxyl groups excluding tert-OH is 2. The predicted molar refractivity (Wildman–Crippen MR) is 78.8 cm³/mol. The largest absolute Gasteiger partial charge is 0.479 e. The van der Waals surface area contributed by atoms with Crippen LogP contribution in [0.3, 0.4) is 0 Å². The van der Waals surface area contributed by atoms with Crippen molar-refractivity contribution in [2.24, 2.45) is 0 Å². The number of nitrogens with one attached hydrogen (secondary N) is 4. The molecule has 0 aliphatic carbocycles. The average molecular weight is 322 g/mol. The minimum Gasteiger partial charge on any atom is -0.479 e. The summed E-state index contributed by atoms with van der Waals surface area (Å²) in [5.41, 5.74) is 0. The number of carboxylic acid groups (broad SMARTS) is 2. The molecule has 0 aromatic carbocycles. The van der Waals surface area contributed by atoms with Gasteiger partial charge in [-0.05, 0) is 0 Å². The Hall–Kier alpha value is -1.30. The molecule has 0 radical (unpaired) electrons. The molecule has 0 aromatic heterocycles. The van der Waals surface area contributed by atoms with Gasteiger partial charge >= 0.3 is 11.9 Å². The molecule has 2 heterocycles. The summed E-state index contributed by atoms with van der Waals surface area (Å²) < 4.78 is 0. The molecule has 0 spiro atoms. The molecule has 2 unspecified atom stereocenters. The minimum atomic E-state index is -2.27. The van der Waals surface area contributed by atoms with Gasteiger partial charge in [-0.2, -0.15) is 0 Å². The van der Waals surface area contributed by atoms with Crippen molar-refractivity contribution in [3.63, 3.8) is 0 Å². The van der Waals surface area contributed by atoms with Crippen LogP contribution in [0, 0.1) is 0 Å². The highest BCUT2D eigenvalue weighted by Crippen LogP contribution is 1.92. The van der Waals surface area contributed by atoms with Crippen LogP contribution in [-0.4, -0.2) is 96.9 Å². The molecule has 0 amide bonds. The average Bonchev–Trinajstić information content (AvgIpc) is 2.57. The molecule has 0 saturated carbocycles. The molecular formula is C12H26N4O6. The van der Waals surface area contributed by atoms with Gasteiger partial charge in [-0.25, -0.2) is 9.59 Å². The Morgan fingerprint density at radius 1 is 0.591 bits per heavy atom. The fraction of sp³-hybridized carbons (Fsp3) is 0.833. The van der Waals surface area contributed by atoms with E-state index in [1.807, 2.05) is 0 Å². The van der Waals surface area contributed by atoms with E-state index in [1.54, 1.807) is 0 Å². The van der Waals surface area contributed by atoms with E-state index in [2.05, 4.69) is 21.3 Å². The maximum atomic E-state index is 9.77. The second kappa shape index (κ2) is 13.4. The van der Waals surface area contributed by atoms with Crippen molar-refractivity contribution in [3.8, 4) is 0 Å². The van der Waals surface area contributed by atoms with Crippen molar-refractivity contribution in [2.45, 2.75) is 12.2 Å². The predicted octanol–water partition coefficient (Wildman–Crippen LogP) is -3.76. The van der Waals surface area contributed by atoms with Crippen molar-refractivity contribution in [1.82, 2.24) is 21.3 Å². The van der Waals surface area contributed by atoms with Gasteiger partial charge in [0.25, 0.3) is 0 Å². The number of piperazine rings is 2. The summed E-state index contributed by atoms with van der Waals surface area (Å²) in [5.74, 6) is -3.54. The fourth-order valence-corrected chi connectivity index (χ4v) is 1.48. The van der Waals surface area contributed by atoms with Crippen LogP contribution in [0.1, 0.15) is 0 Å². The number of rotatable bonds is 3. The van der Waals surface area contributed by atoms with Crippen molar-refractivity contribution >= 4 is 11.9 Å². The third-order valence-corrected chi connectivity index (χ3v) is 2.72. The van der Waals surface area contributed by atoms with Crippen LogP contribution in [0.5, 0.6) is 0 Å². The molecule has 2 saturated heterocycles. The molecule has 2 aliphatic rings. The first kappa shape index (κ1) is 20.7. The summed E-state index contributed by atoms with van der Waals surface area (Å²) >= 11 is 0. The van der Waals surface area contributed by atoms with E-state index in [0.717, 1.165) is 52.4 Å². The van der Waals surface area contributed by atoms with Gasteiger partial charge in [0.15, 0.2) is 12.2 Å². The van der Waals surface area contributed by atoms with E-state index >= 15 is 0 Å². The van der Waals surface area contributed by atoms with E-state index in [4.69, 9.17) is 20.4 Å². The van der Waals surface area contributed by atoms with E-state index in [-0.39, 0.29) is 0 Å². The zero-order valence-electron chi connectivity index (χ0n) is 12.4. The molecule has 2 atom stereocenters. The number of carboxylic acids is 2. The van der Waals surface area contributed by atoms with Gasteiger partial charge in [0.05, 0.1) is 0 Å². The summed E-state index contributed by atoms with van der Waals surface area (Å²) in [6.45, 7) is 9.11. The first-order chi connectivity index (χ1) is 10.5. The van der Waals surface area contributed by atoms with Crippen molar-refractivity contribution in [1.29, 1.82) is 0 Å². The molecule has 0 aromatic rings. The van der Waals surface area contributed by atoms with E-state index < -0.39 is 24.1 Å². The summed E-state index contributed by atoms with van der Waals surface area (Å²) in [4.78, 5) is 19.5. The maximum Gasteiger partial charge on any atom is 0.335 e. The first-order valence-electron chi connectivity index (χ1n) is 7.11. The highest BCUT2D eigenvalue weighted by atomic mass is 16.4. The molecule has 2 aliphatic heterocycles. The maximum absolute atomic E-state index is 9.77. The zero-order chi connectivity index (χ0) is 16.8. The summed E-state index contributed by atoms with van der Waals surface area (Å²) in [7, 11) is 0.